The Hall–Kier alpha value is -1.36. The fourth-order valence-electron chi connectivity index (χ4n) is 2.83. The number of hydrogen-bond donors (Lipinski definition) is 1. The van der Waals surface area contributed by atoms with Gasteiger partial charge in [-0.1, -0.05) is 13.8 Å². The molecule has 5 heteroatoms. The summed E-state index contributed by atoms with van der Waals surface area (Å²) in [6, 6.07) is 0. The number of amides is 1. The molecule has 1 fully saturated rings. The highest BCUT2D eigenvalue weighted by Gasteiger charge is 2.32. The zero-order valence-corrected chi connectivity index (χ0v) is 12.6. The van der Waals surface area contributed by atoms with Gasteiger partial charge in [0.05, 0.1) is 0 Å². The van der Waals surface area contributed by atoms with Gasteiger partial charge in [-0.25, -0.2) is 4.98 Å². The van der Waals surface area contributed by atoms with E-state index in [-0.39, 0.29) is 17.7 Å². The van der Waals surface area contributed by atoms with E-state index in [0.29, 0.717) is 12.4 Å². The highest BCUT2D eigenvalue weighted by molar-refractivity contribution is 5.78. The van der Waals surface area contributed by atoms with Gasteiger partial charge in [0, 0.05) is 44.4 Å². The van der Waals surface area contributed by atoms with Gasteiger partial charge in [-0.05, 0) is 19.3 Å². The van der Waals surface area contributed by atoms with E-state index in [9.17, 15) is 9.90 Å². The first-order chi connectivity index (χ1) is 9.54. The maximum atomic E-state index is 12.3. The van der Waals surface area contributed by atoms with Crippen molar-refractivity contribution in [3.63, 3.8) is 0 Å². The fraction of sp³-hybridized carbons (Fsp3) is 0.733. The second-order valence-corrected chi connectivity index (χ2v) is 5.84. The average molecular weight is 279 g/mol. The predicted molar refractivity (Wildman–Crippen MR) is 76.9 cm³/mol. The highest BCUT2D eigenvalue weighted by atomic mass is 16.3. The summed E-state index contributed by atoms with van der Waals surface area (Å²) in [5.74, 6) is 1.05. The van der Waals surface area contributed by atoms with Crippen LogP contribution in [0, 0.1) is 11.8 Å². The van der Waals surface area contributed by atoms with Crippen molar-refractivity contribution in [2.45, 2.75) is 39.2 Å². The maximum absolute atomic E-state index is 12.3. The van der Waals surface area contributed by atoms with Gasteiger partial charge in [0.1, 0.15) is 11.9 Å². The number of aromatic nitrogens is 2. The van der Waals surface area contributed by atoms with Crippen molar-refractivity contribution < 1.29 is 9.90 Å². The fourth-order valence-corrected chi connectivity index (χ4v) is 2.83. The van der Waals surface area contributed by atoms with Crippen LogP contribution in [0.4, 0.5) is 0 Å². The van der Waals surface area contributed by atoms with Crippen molar-refractivity contribution in [1.29, 1.82) is 0 Å². The molecule has 1 amide bonds. The smallest absolute Gasteiger partial charge is 0.225 e. The lowest BCUT2D eigenvalue weighted by molar-refractivity contribution is -0.138. The van der Waals surface area contributed by atoms with Crippen LogP contribution in [0.25, 0.3) is 0 Å². The molecule has 2 heterocycles. The first-order valence-electron chi connectivity index (χ1n) is 7.48. The van der Waals surface area contributed by atoms with E-state index in [1.54, 1.807) is 6.20 Å². The Morgan fingerprint density at radius 2 is 2.35 bits per heavy atom. The van der Waals surface area contributed by atoms with Crippen molar-refractivity contribution in [2.75, 3.05) is 13.1 Å². The summed E-state index contributed by atoms with van der Waals surface area (Å²) >= 11 is 0. The molecule has 112 valence electrons. The quantitative estimate of drug-likeness (QED) is 0.913. The lowest BCUT2D eigenvalue weighted by atomic mass is 9.91. The van der Waals surface area contributed by atoms with E-state index in [4.69, 9.17) is 0 Å². The molecule has 3 atom stereocenters. The van der Waals surface area contributed by atoms with Crippen LogP contribution in [0.1, 0.15) is 45.0 Å². The molecule has 20 heavy (non-hydrogen) atoms. The van der Waals surface area contributed by atoms with Crippen LogP contribution in [-0.4, -0.2) is 38.6 Å². The van der Waals surface area contributed by atoms with E-state index >= 15 is 0 Å². The first kappa shape index (κ1) is 15.0. The molecule has 0 spiro atoms. The Balaban J connectivity index is 2.03. The molecule has 0 saturated carbocycles. The van der Waals surface area contributed by atoms with Gasteiger partial charge in [-0.2, -0.15) is 0 Å². The lowest BCUT2D eigenvalue weighted by Gasteiger charge is -2.36. The molecular weight excluding hydrogens is 254 g/mol. The Morgan fingerprint density at radius 3 is 2.95 bits per heavy atom. The van der Waals surface area contributed by atoms with Gasteiger partial charge in [0.15, 0.2) is 0 Å². The van der Waals surface area contributed by atoms with Crippen molar-refractivity contribution in [3.05, 3.63) is 18.2 Å². The summed E-state index contributed by atoms with van der Waals surface area (Å²) in [6.07, 6.45) is 5.70. The number of carbonyl (C=O) groups excluding carboxylic acids is 1. The molecule has 1 saturated heterocycles. The number of imidazole rings is 1. The van der Waals surface area contributed by atoms with Gasteiger partial charge in [0.2, 0.25) is 5.91 Å². The van der Waals surface area contributed by atoms with Crippen LogP contribution in [0.5, 0.6) is 0 Å². The number of nitrogens with zero attached hydrogens (tertiary/aromatic N) is 3. The SMILES string of the molecule is CCC(C)C(=O)N1CCCC(C(O)c2nccn2C)C1. The first-order valence-corrected chi connectivity index (χ1v) is 7.48. The number of aliphatic hydroxyl groups excluding tert-OH is 1. The number of aliphatic hydroxyl groups is 1. The zero-order valence-electron chi connectivity index (χ0n) is 12.6. The molecule has 0 bridgehead atoms. The van der Waals surface area contributed by atoms with Crippen LogP contribution in [-0.2, 0) is 11.8 Å². The maximum Gasteiger partial charge on any atom is 0.225 e. The van der Waals surface area contributed by atoms with Crippen molar-refractivity contribution in [3.8, 4) is 0 Å². The standard InChI is InChI=1S/C15H25N3O2/c1-4-11(2)15(20)18-8-5-6-12(10-18)13(19)14-16-7-9-17(14)3/h7,9,11-13,19H,4-6,8,10H2,1-3H3. The van der Waals surface area contributed by atoms with Crippen LogP contribution >= 0.6 is 0 Å². The number of aryl methyl sites for hydroxylation is 1. The monoisotopic (exact) mass is 279 g/mol. The number of piperidine rings is 1. The summed E-state index contributed by atoms with van der Waals surface area (Å²) in [6.45, 7) is 5.46. The largest absolute Gasteiger partial charge is 0.385 e. The second kappa shape index (κ2) is 6.39. The molecule has 0 aromatic carbocycles. The molecular formula is C15H25N3O2. The third-order valence-electron chi connectivity index (χ3n) is 4.37. The van der Waals surface area contributed by atoms with Crippen LogP contribution < -0.4 is 0 Å². The Morgan fingerprint density at radius 1 is 1.60 bits per heavy atom. The third-order valence-corrected chi connectivity index (χ3v) is 4.37. The van der Waals surface area contributed by atoms with Gasteiger partial charge in [-0.15, -0.1) is 0 Å². The minimum Gasteiger partial charge on any atom is -0.385 e. The van der Waals surface area contributed by atoms with Crippen LogP contribution in [0.3, 0.4) is 0 Å². The summed E-state index contributed by atoms with van der Waals surface area (Å²) in [7, 11) is 1.89. The molecule has 2 rings (SSSR count). The van der Waals surface area contributed by atoms with Gasteiger partial charge in [-0.3, -0.25) is 4.79 Å². The second-order valence-electron chi connectivity index (χ2n) is 5.84. The van der Waals surface area contributed by atoms with Crippen molar-refractivity contribution in [1.82, 2.24) is 14.5 Å². The zero-order chi connectivity index (χ0) is 14.7. The summed E-state index contributed by atoms with van der Waals surface area (Å²) < 4.78 is 1.85. The van der Waals surface area contributed by atoms with E-state index in [2.05, 4.69) is 4.98 Å². The number of likely N-dealkylation sites (tertiary alicyclic amines) is 1. The molecule has 1 aliphatic rings. The molecule has 0 aliphatic carbocycles. The van der Waals surface area contributed by atoms with Crippen molar-refractivity contribution in [2.24, 2.45) is 18.9 Å². The predicted octanol–water partition coefficient (Wildman–Crippen LogP) is 1.74. The highest BCUT2D eigenvalue weighted by Crippen LogP contribution is 2.29. The molecule has 1 N–H and O–H groups in total. The summed E-state index contributed by atoms with van der Waals surface area (Å²) in [5, 5.41) is 10.5. The summed E-state index contributed by atoms with van der Waals surface area (Å²) in [5.41, 5.74) is 0. The molecule has 1 aromatic rings. The van der Waals surface area contributed by atoms with Crippen LogP contribution in [0.15, 0.2) is 12.4 Å². The summed E-state index contributed by atoms with van der Waals surface area (Å²) in [4.78, 5) is 18.4. The van der Waals surface area contributed by atoms with E-state index in [1.807, 2.05) is 36.6 Å². The van der Waals surface area contributed by atoms with Gasteiger partial charge < -0.3 is 14.6 Å². The van der Waals surface area contributed by atoms with Crippen molar-refractivity contribution >= 4 is 5.91 Å². The number of carbonyl (C=O) groups is 1. The average Bonchev–Trinajstić information content (AvgIpc) is 2.91. The lowest BCUT2D eigenvalue weighted by Crippen LogP contribution is -2.44. The van der Waals surface area contributed by atoms with Gasteiger partial charge in [0.25, 0.3) is 0 Å². The Labute approximate surface area is 120 Å². The van der Waals surface area contributed by atoms with E-state index in [1.165, 1.54) is 0 Å². The minimum absolute atomic E-state index is 0.0686. The topological polar surface area (TPSA) is 58.4 Å². The molecule has 5 nitrogen and oxygen atoms in total. The van der Waals surface area contributed by atoms with E-state index < -0.39 is 6.10 Å². The minimum atomic E-state index is -0.595. The Kier molecular flexibility index (Phi) is 4.81. The molecule has 3 unspecified atom stereocenters. The number of rotatable bonds is 4. The molecule has 0 radical (unpaired) electrons. The van der Waals surface area contributed by atoms with Crippen LogP contribution in [0.2, 0.25) is 0 Å². The Bertz CT molecular complexity index is 458. The third kappa shape index (κ3) is 3.03. The number of hydrogen-bond acceptors (Lipinski definition) is 3. The van der Waals surface area contributed by atoms with Gasteiger partial charge >= 0.3 is 0 Å². The normalized spacial score (nSPS) is 22.6. The van der Waals surface area contributed by atoms with E-state index in [0.717, 1.165) is 25.8 Å². The molecule has 1 aliphatic heterocycles. The molecule has 1 aromatic heterocycles.